The Morgan fingerprint density at radius 2 is 1.71 bits per heavy atom. The molecule has 10 heteroatoms. The highest BCUT2D eigenvalue weighted by Gasteiger charge is 2.50. The number of rotatable bonds is 6. The Morgan fingerprint density at radius 3 is 2.29 bits per heavy atom. The third kappa shape index (κ3) is 4.68. The lowest BCUT2D eigenvalue weighted by molar-refractivity contribution is -0.0509. The first-order chi connectivity index (χ1) is 14.3. The summed E-state index contributed by atoms with van der Waals surface area (Å²) in [5.41, 5.74) is -4.34. The molecule has 0 saturated heterocycles. The zero-order chi connectivity index (χ0) is 23.0. The fourth-order valence-electron chi connectivity index (χ4n) is 3.12. The molecule has 0 atom stereocenters. The maximum atomic E-state index is 12.8. The predicted molar refractivity (Wildman–Crippen MR) is 106 cm³/mol. The number of methoxy groups -OCH3 is 1. The van der Waals surface area contributed by atoms with Crippen LogP contribution in [0.15, 0.2) is 48.5 Å². The fourth-order valence-corrected chi connectivity index (χ4v) is 3.59. The molecule has 0 unspecified atom stereocenters. The molecule has 3 rings (SSSR count). The Hall–Kier alpha value is -3.01. The molecular formula is C21H19F3O6S. The minimum atomic E-state index is -5.80. The highest BCUT2D eigenvalue weighted by Crippen LogP contribution is 2.44. The average Bonchev–Trinajstić information content (AvgIpc) is 2.94. The van der Waals surface area contributed by atoms with Crippen LogP contribution in [0.4, 0.5) is 13.2 Å². The first-order valence-corrected chi connectivity index (χ1v) is 10.4. The van der Waals surface area contributed by atoms with E-state index in [0.717, 1.165) is 5.56 Å². The van der Waals surface area contributed by atoms with E-state index in [9.17, 15) is 26.4 Å². The van der Waals surface area contributed by atoms with Gasteiger partial charge in [0.25, 0.3) is 0 Å². The van der Waals surface area contributed by atoms with E-state index < -0.39 is 32.8 Å². The summed E-state index contributed by atoms with van der Waals surface area (Å²) in [7, 11) is -4.52. The van der Waals surface area contributed by atoms with Crippen LogP contribution in [0.2, 0.25) is 0 Å². The van der Waals surface area contributed by atoms with Crippen molar-refractivity contribution in [3.63, 3.8) is 0 Å². The first-order valence-electron chi connectivity index (χ1n) is 9.02. The van der Waals surface area contributed by atoms with Gasteiger partial charge in [0.15, 0.2) is 0 Å². The number of alkyl halides is 3. The van der Waals surface area contributed by atoms with Gasteiger partial charge in [0.1, 0.15) is 18.1 Å². The molecule has 0 saturated carbocycles. The molecule has 0 heterocycles. The van der Waals surface area contributed by atoms with Gasteiger partial charge in [0.05, 0.1) is 12.7 Å². The number of hydrogen-bond donors (Lipinski definition) is 0. The average molecular weight is 456 g/mol. The summed E-state index contributed by atoms with van der Waals surface area (Å²) < 4.78 is 75.9. The zero-order valence-electron chi connectivity index (χ0n) is 16.8. The van der Waals surface area contributed by atoms with Gasteiger partial charge in [-0.25, -0.2) is 4.79 Å². The Labute approximate surface area is 177 Å². The Balaban J connectivity index is 1.81. The molecule has 0 N–H and O–H groups in total. The SMILES string of the molecule is COC(=O)c1ccc(COc2ccc3c(c2)C(OS(=O)(=O)C(F)(F)F)=CC3(C)C)cc1. The van der Waals surface area contributed by atoms with E-state index in [1.165, 1.54) is 19.3 Å². The molecule has 0 aromatic heterocycles. The van der Waals surface area contributed by atoms with Crippen molar-refractivity contribution in [2.45, 2.75) is 31.4 Å². The van der Waals surface area contributed by atoms with Crippen molar-refractivity contribution < 1.29 is 40.0 Å². The Morgan fingerprint density at radius 1 is 1.06 bits per heavy atom. The predicted octanol–water partition coefficient (Wildman–Crippen LogP) is 4.55. The minimum absolute atomic E-state index is 0.115. The van der Waals surface area contributed by atoms with E-state index >= 15 is 0 Å². The van der Waals surface area contributed by atoms with Crippen molar-refractivity contribution in [1.82, 2.24) is 0 Å². The molecule has 0 radical (unpaired) electrons. The third-order valence-corrected chi connectivity index (χ3v) is 5.67. The summed E-state index contributed by atoms with van der Waals surface area (Å²) in [6, 6.07) is 11.2. The fraction of sp³-hybridized carbons (Fsp3) is 0.286. The summed E-state index contributed by atoms with van der Waals surface area (Å²) in [5.74, 6) is -0.556. The molecule has 0 amide bonds. The summed E-state index contributed by atoms with van der Waals surface area (Å²) >= 11 is 0. The van der Waals surface area contributed by atoms with Crippen molar-refractivity contribution >= 4 is 21.8 Å². The van der Waals surface area contributed by atoms with Crippen LogP contribution < -0.4 is 4.74 Å². The quantitative estimate of drug-likeness (QED) is 0.361. The summed E-state index contributed by atoms with van der Waals surface area (Å²) in [6.45, 7) is 3.57. The molecule has 166 valence electrons. The zero-order valence-corrected chi connectivity index (χ0v) is 17.6. The number of esters is 1. The van der Waals surface area contributed by atoms with Crippen molar-refractivity contribution in [2.75, 3.05) is 7.11 Å². The van der Waals surface area contributed by atoms with Crippen LogP contribution in [0.5, 0.6) is 5.75 Å². The lowest BCUT2D eigenvalue weighted by atomic mass is 9.87. The molecule has 1 aliphatic carbocycles. The van der Waals surface area contributed by atoms with E-state index in [2.05, 4.69) is 8.92 Å². The Kier molecular flexibility index (Phi) is 5.79. The van der Waals surface area contributed by atoms with Crippen molar-refractivity contribution in [2.24, 2.45) is 0 Å². The first kappa shape index (κ1) is 22.7. The summed E-state index contributed by atoms with van der Waals surface area (Å²) in [5, 5.41) is 0. The number of carbonyl (C=O) groups is 1. The number of hydrogen-bond acceptors (Lipinski definition) is 6. The molecule has 31 heavy (non-hydrogen) atoms. The molecule has 0 spiro atoms. The second-order valence-electron chi connectivity index (χ2n) is 7.40. The van der Waals surface area contributed by atoms with Crippen LogP contribution in [-0.4, -0.2) is 27.0 Å². The number of halogens is 3. The molecule has 0 fully saturated rings. The van der Waals surface area contributed by atoms with Crippen LogP contribution >= 0.6 is 0 Å². The lowest BCUT2D eigenvalue weighted by Crippen LogP contribution is -2.24. The monoisotopic (exact) mass is 456 g/mol. The molecule has 2 aromatic rings. The van der Waals surface area contributed by atoms with Crippen molar-refractivity contribution in [3.8, 4) is 5.75 Å². The Bertz CT molecular complexity index is 1130. The van der Waals surface area contributed by atoms with Crippen molar-refractivity contribution in [3.05, 3.63) is 70.8 Å². The van der Waals surface area contributed by atoms with Crippen LogP contribution in [-0.2, 0) is 31.1 Å². The molecule has 0 aliphatic heterocycles. The van der Waals surface area contributed by atoms with Crippen LogP contribution in [0.25, 0.3) is 5.76 Å². The minimum Gasteiger partial charge on any atom is -0.489 e. The highest BCUT2D eigenvalue weighted by molar-refractivity contribution is 7.87. The van der Waals surface area contributed by atoms with E-state index in [1.807, 2.05) is 0 Å². The maximum absolute atomic E-state index is 12.8. The second kappa shape index (κ2) is 7.92. The van der Waals surface area contributed by atoms with Crippen LogP contribution in [0.1, 0.15) is 40.9 Å². The van der Waals surface area contributed by atoms with Gasteiger partial charge >= 0.3 is 21.6 Å². The molecule has 1 aliphatic rings. The molecular weight excluding hydrogens is 437 g/mol. The van der Waals surface area contributed by atoms with E-state index in [0.29, 0.717) is 16.9 Å². The van der Waals surface area contributed by atoms with Gasteiger partial charge in [-0.1, -0.05) is 32.0 Å². The van der Waals surface area contributed by atoms with E-state index in [4.69, 9.17) is 4.74 Å². The number of fused-ring (bicyclic) bond motifs is 1. The van der Waals surface area contributed by atoms with E-state index in [-0.39, 0.29) is 12.2 Å². The lowest BCUT2D eigenvalue weighted by Gasteiger charge is -2.17. The summed E-state index contributed by atoms with van der Waals surface area (Å²) in [4.78, 5) is 11.5. The number of benzene rings is 2. The smallest absolute Gasteiger partial charge is 0.489 e. The van der Waals surface area contributed by atoms with Gasteiger partial charge in [-0.05, 0) is 41.5 Å². The third-order valence-electron chi connectivity index (χ3n) is 4.71. The highest BCUT2D eigenvalue weighted by atomic mass is 32.2. The van der Waals surface area contributed by atoms with E-state index in [1.54, 1.807) is 50.2 Å². The van der Waals surface area contributed by atoms with Gasteiger partial charge in [-0.15, -0.1) is 0 Å². The summed E-state index contributed by atoms with van der Waals surface area (Å²) in [6.07, 6.45) is 1.33. The number of ether oxygens (including phenoxy) is 2. The van der Waals surface area contributed by atoms with Gasteiger partial charge < -0.3 is 13.7 Å². The van der Waals surface area contributed by atoms with Crippen LogP contribution in [0, 0.1) is 0 Å². The molecule has 6 nitrogen and oxygen atoms in total. The normalized spacial score (nSPS) is 15.1. The largest absolute Gasteiger partial charge is 0.534 e. The standard InChI is InChI=1S/C21H19F3O6S/c1-20(2)11-18(30-31(26,27)21(22,23)24)16-10-15(8-9-17(16)20)29-12-13-4-6-14(7-5-13)19(25)28-3/h4-11H,12H2,1-3H3. The van der Waals surface area contributed by atoms with Gasteiger partial charge in [-0.3, -0.25) is 0 Å². The number of allylic oxidation sites excluding steroid dienone is 1. The van der Waals surface area contributed by atoms with Gasteiger partial charge in [0, 0.05) is 11.0 Å². The molecule has 0 bridgehead atoms. The van der Waals surface area contributed by atoms with Gasteiger partial charge in [0.2, 0.25) is 0 Å². The van der Waals surface area contributed by atoms with Crippen LogP contribution in [0.3, 0.4) is 0 Å². The number of carbonyl (C=O) groups excluding carboxylic acids is 1. The second-order valence-corrected chi connectivity index (χ2v) is 8.94. The topological polar surface area (TPSA) is 78.9 Å². The maximum Gasteiger partial charge on any atom is 0.534 e. The molecule has 2 aromatic carbocycles. The van der Waals surface area contributed by atoms with Gasteiger partial charge in [-0.2, -0.15) is 21.6 Å². The van der Waals surface area contributed by atoms with Crippen molar-refractivity contribution in [1.29, 1.82) is 0 Å².